The summed E-state index contributed by atoms with van der Waals surface area (Å²) in [5.41, 5.74) is -1.70. The molecule has 1 aromatic heterocycles. The number of alkyl halides is 3. The summed E-state index contributed by atoms with van der Waals surface area (Å²) in [4.78, 5) is 24.7. The molecule has 1 N–H and O–H groups in total. The molecule has 0 aliphatic carbocycles. The zero-order valence-corrected chi connectivity index (χ0v) is 8.84. The van der Waals surface area contributed by atoms with Crippen molar-refractivity contribution in [3.05, 3.63) is 27.7 Å². The molecule has 0 unspecified atom stereocenters. The van der Waals surface area contributed by atoms with Gasteiger partial charge in [-0.15, -0.1) is 13.2 Å². The van der Waals surface area contributed by atoms with Crippen LogP contribution in [0.3, 0.4) is 0 Å². The van der Waals surface area contributed by atoms with E-state index in [1.54, 1.807) is 0 Å². The molecular weight excluding hydrogens is 243 g/mol. The third-order valence-electron chi connectivity index (χ3n) is 1.75. The van der Waals surface area contributed by atoms with Crippen LogP contribution in [-0.2, 0) is 4.74 Å². The fraction of sp³-hybridized carbons (Fsp3) is 0.333. The third kappa shape index (κ3) is 3.23. The summed E-state index contributed by atoms with van der Waals surface area (Å²) in [6.45, 7) is 1.35. The number of aryl methyl sites for hydroxylation is 1. The second-order valence-corrected chi connectivity index (χ2v) is 3.06. The molecule has 0 bridgehead atoms. The van der Waals surface area contributed by atoms with Crippen molar-refractivity contribution in [3.63, 3.8) is 0 Å². The Balaban J connectivity index is 3.36. The van der Waals surface area contributed by atoms with Crippen LogP contribution in [0.4, 0.5) is 13.2 Å². The molecule has 5 nitrogen and oxygen atoms in total. The highest BCUT2D eigenvalue weighted by atomic mass is 19.4. The molecular formula is C9H8F3NO4. The Labute approximate surface area is 93.2 Å². The van der Waals surface area contributed by atoms with Crippen LogP contribution in [0.1, 0.15) is 16.1 Å². The maximum atomic E-state index is 12.1. The number of carbonyl (C=O) groups is 1. The van der Waals surface area contributed by atoms with Crippen LogP contribution in [0.2, 0.25) is 0 Å². The molecule has 0 aliphatic rings. The molecule has 0 radical (unpaired) electrons. The number of nitrogens with one attached hydrogen (secondary N) is 1. The minimum absolute atomic E-state index is 0.127. The lowest BCUT2D eigenvalue weighted by Crippen LogP contribution is -2.25. The molecule has 94 valence electrons. The van der Waals surface area contributed by atoms with Crippen molar-refractivity contribution in [1.29, 1.82) is 0 Å². The number of hydrogen-bond donors (Lipinski definition) is 1. The SMILES string of the molecule is COC(=O)c1c(OC(F)(F)F)cc(C)[nH]c1=O. The molecule has 0 saturated heterocycles. The van der Waals surface area contributed by atoms with Gasteiger partial charge in [-0.2, -0.15) is 0 Å². The van der Waals surface area contributed by atoms with Crippen molar-refractivity contribution in [2.24, 2.45) is 0 Å². The van der Waals surface area contributed by atoms with Crippen LogP contribution < -0.4 is 10.3 Å². The van der Waals surface area contributed by atoms with Crippen LogP contribution in [0.15, 0.2) is 10.9 Å². The molecule has 1 heterocycles. The van der Waals surface area contributed by atoms with E-state index in [0.717, 1.165) is 13.2 Å². The minimum atomic E-state index is -5.00. The van der Waals surface area contributed by atoms with E-state index in [4.69, 9.17) is 0 Å². The van der Waals surface area contributed by atoms with Crippen molar-refractivity contribution in [2.45, 2.75) is 13.3 Å². The summed E-state index contributed by atoms with van der Waals surface area (Å²) in [6.07, 6.45) is -5.00. The number of methoxy groups -OCH3 is 1. The molecule has 1 rings (SSSR count). The zero-order chi connectivity index (χ0) is 13.2. The first-order chi connectivity index (χ1) is 7.74. The summed E-state index contributed by atoms with van der Waals surface area (Å²) >= 11 is 0. The standard InChI is InChI=1S/C9H8F3NO4/c1-4-3-5(17-9(10,11)12)6(7(14)13-4)8(15)16-2/h3H,1-2H3,(H,13,14). The first kappa shape index (κ1) is 13.1. The largest absolute Gasteiger partial charge is 0.573 e. The molecule has 0 atom stereocenters. The van der Waals surface area contributed by atoms with Crippen molar-refractivity contribution < 1.29 is 27.4 Å². The Hall–Kier alpha value is -1.99. The number of halogens is 3. The first-order valence-electron chi connectivity index (χ1n) is 4.32. The van der Waals surface area contributed by atoms with Crippen LogP contribution in [0.25, 0.3) is 0 Å². The van der Waals surface area contributed by atoms with Gasteiger partial charge >= 0.3 is 12.3 Å². The van der Waals surface area contributed by atoms with E-state index < -0.39 is 29.2 Å². The number of aromatic amines is 1. The van der Waals surface area contributed by atoms with Gasteiger partial charge in [0, 0.05) is 11.8 Å². The molecule has 0 aliphatic heterocycles. The maximum absolute atomic E-state index is 12.1. The van der Waals surface area contributed by atoms with Gasteiger partial charge in [0.15, 0.2) is 11.3 Å². The lowest BCUT2D eigenvalue weighted by Gasteiger charge is -2.11. The van der Waals surface area contributed by atoms with E-state index in [1.165, 1.54) is 6.92 Å². The van der Waals surface area contributed by atoms with E-state index in [2.05, 4.69) is 14.5 Å². The van der Waals surface area contributed by atoms with Gasteiger partial charge in [0.25, 0.3) is 5.56 Å². The molecule has 8 heteroatoms. The monoisotopic (exact) mass is 251 g/mol. The van der Waals surface area contributed by atoms with Crippen LogP contribution in [0, 0.1) is 6.92 Å². The van der Waals surface area contributed by atoms with Crippen LogP contribution in [-0.4, -0.2) is 24.4 Å². The number of hydrogen-bond acceptors (Lipinski definition) is 4. The summed E-state index contributed by atoms with van der Waals surface area (Å²) in [6, 6.07) is 0.890. The normalized spacial score (nSPS) is 11.1. The molecule has 0 spiro atoms. The van der Waals surface area contributed by atoms with Gasteiger partial charge in [0.05, 0.1) is 7.11 Å². The number of aromatic nitrogens is 1. The number of ether oxygens (including phenoxy) is 2. The van der Waals surface area contributed by atoms with E-state index in [1.807, 2.05) is 0 Å². The lowest BCUT2D eigenvalue weighted by atomic mass is 10.2. The fourth-order valence-electron chi connectivity index (χ4n) is 1.16. The zero-order valence-electron chi connectivity index (χ0n) is 8.84. The first-order valence-corrected chi connectivity index (χ1v) is 4.32. The second kappa shape index (κ2) is 4.48. The number of H-pyrrole nitrogens is 1. The van der Waals surface area contributed by atoms with Gasteiger partial charge in [-0.05, 0) is 6.92 Å². The highest BCUT2D eigenvalue weighted by molar-refractivity contribution is 5.92. The predicted octanol–water partition coefficient (Wildman–Crippen LogP) is 1.37. The van der Waals surface area contributed by atoms with Crippen molar-refractivity contribution in [2.75, 3.05) is 7.11 Å². The molecule has 0 amide bonds. The topological polar surface area (TPSA) is 68.4 Å². The van der Waals surface area contributed by atoms with Gasteiger partial charge < -0.3 is 14.5 Å². The second-order valence-electron chi connectivity index (χ2n) is 3.06. The maximum Gasteiger partial charge on any atom is 0.573 e. The number of rotatable bonds is 2. The number of carbonyl (C=O) groups excluding carboxylic acids is 1. The highest BCUT2D eigenvalue weighted by Gasteiger charge is 2.34. The lowest BCUT2D eigenvalue weighted by molar-refractivity contribution is -0.274. The van der Waals surface area contributed by atoms with Gasteiger partial charge in [0.1, 0.15) is 0 Å². The number of pyridine rings is 1. The van der Waals surface area contributed by atoms with E-state index in [9.17, 15) is 22.8 Å². The Kier molecular flexibility index (Phi) is 3.45. The quantitative estimate of drug-likeness (QED) is 0.806. The summed E-state index contributed by atoms with van der Waals surface area (Å²) in [7, 11) is 0.943. The number of esters is 1. The van der Waals surface area contributed by atoms with E-state index in [-0.39, 0.29) is 5.69 Å². The van der Waals surface area contributed by atoms with Crippen molar-refractivity contribution >= 4 is 5.97 Å². The Morgan fingerprint density at radius 3 is 2.47 bits per heavy atom. The molecule has 17 heavy (non-hydrogen) atoms. The third-order valence-corrected chi connectivity index (χ3v) is 1.75. The summed E-state index contributed by atoms with van der Waals surface area (Å²) in [5.74, 6) is -2.09. The summed E-state index contributed by atoms with van der Waals surface area (Å²) in [5, 5.41) is 0. The average molecular weight is 251 g/mol. The molecule has 0 fully saturated rings. The van der Waals surface area contributed by atoms with Gasteiger partial charge in [-0.25, -0.2) is 4.79 Å². The fourth-order valence-corrected chi connectivity index (χ4v) is 1.16. The van der Waals surface area contributed by atoms with Crippen LogP contribution in [0.5, 0.6) is 5.75 Å². The van der Waals surface area contributed by atoms with E-state index in [0.29, 0.717) is 0 Å². The predicted molar refractivity (Wildman–Crippen MR) is 49.8 cm³/mol. The molecule has 0 saturated carbocycles. The highest BCUT2D eigenvalue weighted by Crippen LogP contribution is 2.25. The van der Waals surface area contributed by atoms with Gasteiger partial charge in [0.2, 0.25) is 0 Å². The Morgan fingerprint density at radius 2 is 2.00 bits per heavy atom. The molecule has 1 aromatic rings. The minimum Gasteiger partial charge on any atom is -0.465 e. The van der Waals surface area contributed by atoms with Gasteiger partial charge in [-0.3, -0.25) is 4.79 Å². The van der Waals surface area contributed by atoms with Crippen LogP contribution >= 0.6 is 0 Å². The summed E-state index contributed by atoms with van der Waals surface area (Å²) < 4.78 is 44.0. The van der Waals surface area contributed by atoms with Gasteiger partial charge in [-0.1, -0.05) is 0 Å². The Morgan fingerprint density at radius 1 is 1.41 bits per heavy atom. The van der Waals surface area contributed by atoms with Crippen molar-refractivity contribution in [3.8, 4) is 5.75 Å². The smallest absolute Gasteiger partial charge is 0.465 e. The van der Waals surface area contributed by atoms with Crippen molar-refractivity contribution in [1.82, 2.24) is 4.98 Å². The van der Waals surface area contributed by atoms with E-state index >= 15 is 0 Å². The molecule has 0 aromatic carbocycles. The average Bonchev–Trinajstić information content (AvgIpc) is 2.13. The Bertz CT molecular complexity index is 492.